The fourth-order valence-corrected chi connectivity index (χ4v) is 17.2. The lowest BCUT2D eigenvalue weighted by Gasteiger charge is -2.37. The number of unbranched alkanes of at least 4 members (excludes halogenated alkanes) is 11. The maximum Gasteiger partial charge on any atom is 0.339 e. The van der Waals surface area contributed by atoms with Crippen LogP contribution in [0.4, 0.5) is 11.4 Å². The molecule has 0 spiro atoms. The van der Waals surface area contributed by atoms with Gasteiger partial charge in [0.1, 0.15) is 17.2 Å². The molecule has 2 saturated heterocycles. The van der Waals surface area contributed by atoms with Crippen molar-refractivity contribution >= 4 is 57.0 Å². The molecular weight excluding hydrogens is 1380 g/mol. The summed E-state index contributed by atoms with van der Waals surface area (Å²) in [6.07, 6.45) is 31.2. The molecule has 12 aromatic rings. The summed E-state index contributed by atoms with van der Waals surface area (Å²) in [6.45, 7) is 9.62. The highest BCUT2D eigenvalue weighted by Gasteiger charge is 2.42. The first-order chi connectivity index (χ1) is 55.2. The Labute approximate surface area is 662 Å². The van der Waals surface area contributed by atoms with Crippen LogP contribution in [0.25, 0.3) is 78.2 Å². The van der Waals surface area contributed by atoms with Crippen LogP contribution in [0.15, 0.2) is 267 Å². The summed E-state index contributed by atoms with van der Waals surface area (Å²) in [6, 6.07) is 89.1. The molecule has 2 atom stereocenters. The minimum absolute atomic E-state index is 0.393. The minimum Gasteiger partial charge on any atom is -0.494 e. The standard InChI is InChI=1S/C55H59NO4.C48H45NO3/c1-3-4-5-6-7-8-9-10-11-19-40-59-47-34-28-42(29-35-47)41-24-26-43(27-25-41)51-48-22-15-16-23-49(48)53-50(52(51)54(57)58-2)36-37-55(60-53,44-20-13-12-14-21-44)45-30-32-46(33-31-45)56-38-17-18-39-56;1-3-4-6-13-34-18-20-35(21-19-34)36-22-24-37(25-23-36)44-41-16-9-10-17-42(41)46-43(45(44)47(50)51-2)30-31-48(52-46,38-14-7-5-8-15-38)39-26-28-40(29-27-39)49-32-11-12-33-49/h12-16,20-37H,3-11,17-19,38-40H2,1-2H3;5,7-10,14-31H,3-4,6,11-13,32-33H2,1-2H3. The zero-order valence-electron chi connectivity index (χ0n) is 65.6. The molecule has 0 aromatic heterocycles. The van der Waals surface area contributed by atoms with E-state index < -0.39 is 23.1 Å². The van der Waals surface area contributed by atoms with E-state index in [4.69, 9.17) is 23.7 Å². The molecule has 0 amide bonds. The summed E-state index contributed by atoms with van der Waals surface area (Å²) in [5.41, 5.74) is 16.6. The molecule has 0 saturated carbocycles. The summed E-state index contributed by atoms with van der Waals surface area (Å²) in [7, 11) is 2.90. The predicted molar refractivity (Wildman–Crippen MR) is 462 cm³/mol. The molecule has 9 heteroatoms. The van der Waals surface area contributed by atoms with Gasteiger partial charge in [0, 0.05) is 92.8 Å². The highest BCUT2D eigenvalue weighted by Crippen LogP contribution is 2.53. The average Bonchev–Trinajstić information content (AvgIpc) is 1.72. The summed E-state index contributed by atoms with van der Waals surface area (Å²) >= 11 is 0. The zero-order valence-corrected chi connectivity index (χ0v) is 65.6. The minimum atomic E-state index is -0.912. The van der Waals surface area contributed by atoms with E-state index in [-0.39, 0.29) is 0 Å². The monoisotopic (exact) mass is 1480 g/mol. The Bertz CT molecular complexity index is 5240. The number of nitrogens with zero attached hydrogens (tertiary/aromatic N) is 2. The van der Waals surface area contributed by atoms with E-state index >= 15 is 0 Å². The van der Waals surface area contributed by atoms with Crippen LogP contribution in [-0.4, -0.2) is 58.9 Å². The van der Waals surface area contributed by atoms with Gasteiger partial charge in [0.15, 0.2) is 11.2 Å². The van der Waals surface area contributed by atoms with Crippen molar-refractivity contribution in [3.63, 3.8) is 0 Å². The van der Waals surface area contributed by atoms with Crippen molar-refractivity contribution in [2.24, 2.45) is 0 Å². The summed E-state index contributed by atoms with van der Waals surface area (Å²) < 4.78 is 31.8. The van der Waals surface area contributed by atoms with E-state index in [1.165, 1.54) is 139 Å². The molecular formula is C103H104N2O7. The number of benzene rings is 12. The Hall–Kier alpha value is -11.4. The molecule has 0 bridgehead atoms. The van der Waals surface area contributed by atoms with Crippen molar-refractivity contribution < 1.29 is 33.3 Å². The molecule has 0 radical (unpaired) electrons. The van der Waals surface area contributed by atoms with Crippen LogP contribution < -0.4 is 24.0 Å². The second-order valence-corrected chi connectivity index (χ2v) is 30.5. The van der Waals surface area contributed by atoms with Gasteiger partial charge < -0.3 is 33.5 Å². The van der Waals surface area contributed by atoms with Gasteiger partial charge in [-0.15, -0.1) is 0 Å². The van der Waals surface area contributed by atoms with E-state index in [0.29, 0.717) is 28.2 Å². The quantitative estimate of drug-likeness (QED) is 0.0351. The number of aryl methyl sites for hydroxylation is 1. The molecule has 568 valence electrons. The number of carbonyl (C=O) groups excluding carboxylic acids is 2. The summed E-state index contributed by atoms with van der Waals surface area (Å²) in [4.78, 5) is 32.8. The van der Waals surface area contributed by atoms with Crippen LogP contribution in [-0.2, 0) is 27.1 Å². The predicted octanol–water partition coefficient (Wildman–Crippen LogP) is 25.9. The SMILES string of the molecule is CCCCCCCCCCCCOc1ccc(-c2ccc(-c3c(C(=O)OC)c4c(c5ccccc35)OC(c3ccccc3)(c3ccc(N5CCCC5)cc3)C=C4)cc2)cc1.CCCCCc1ccc(-c2ccc(-c3c(C(=O)OC)c4c(c5ccccc35)OC(c3ccccc3)(c3ccc(N5CCCC5)cc3)C=C4)cc2)cc1. The molecule has 2 unspecified atom stereocenters. The first-order valence-electron chi connectivity index (χ1n) is 41.1. The Morgan fingerprint density at radius 2 is 0.696 bits per heavy atom. The maximum atomic E-state index is 14.0. The van der Waals surface area contributed by atoms with Crippen LogP contribution in [0.3, 0.4) is 0 Å². The number of fused-ring (bicyclic) bond motifs is 6. The van der Waals surface area contributed by atoms with E-state index in [1.807, 2.05) is 36.4 Å². The third-order valence-electron chi connectivity index (χ3n) is 23.3. The number of carbonyl (C=O) groups is 2. The van der Waals surface area contributed by atoms with E-state index in [9.17, 15) is 9.59 Å². The molecule has 12 aromatic carbocycles. The van der Waals surface area contributed by atoms with Crippen molar-refractivity contribution in [3.8, 4) is 61.8 Å². The van der Waals surface area contributed by atoms with Crippen molar-refractivity contribution in [1.82, 2.24) is 0 Å². The number of esters is 2. The second kappa shape index (κ2) is 35.7. The number of anilines is 2. The van der Waals surface area contributed by atoms with Crippen molar-refractivity contribution in [2.45, 2.75) is 141 Å². The molecule has 112 heavy (non-hydrogen) atoms. The number of methoxy groups -OCH3 is 2. The fourth-order valence-electron chi connectivity index (χ4n) is 17.2. The third kappa shape index (κ3) is 16.2. The molecule has 16 rings (SSSR count). The van der Waals surface area contributed by atoms with Crippen LogP contribution in [0.2, 0.25) is 0 Å². The number of rotatable bonds is 28. The van der Waals surface area contributed by atoms with Gasteiger partial charge in [-0.3, -0.25) is 0 Å². The normalized spacial score (nSPS) is 16.1. The van der Waals surface area contributed by atoms with Gasteiger partial charge in [0.25, 0.3) is 0 Å². The highest BCUT2D eigenvalue weighted by molar-refractivity contribution is 6.16. The second-order valence-electron chi connectivity index (χ2n) is 30.5. The number of hydrogen-bond acceptors (Lipinski definition) is 9. The van der Waals surface area contributed by atoms with Crippen LogP contribution in [0, 0.1) is 0 Å². The van der Waals surface area contributed by atoms with Crippen molar-refractivity contribution in [2.75, 3.05) is 56.8 Å². The smallest absolute Gasteiger partial charge is 0.339 e. The fraction of sp³-hybridized carbons (Fsp3) is 0.282. The Kier molecular flexibility index (Phi) is 24.2. The first-order valence-corrected chi connectivity index (χ1v) is 41.1. The van der Waals surface area contributed by atoms with Crippen molar-refractivity contribution in [3.05, 3.63) is 317 Å². The van der Waals surface area contributed by atoms with E-state index in [2.05, 4.69) is 266 Å². The Morgan fingerprint density at radius 3 is 1.10 bits per heavy atom. The van der Waals surface area contributed by atoms with Crippen LogP contribution in [0.5, 0.6) is 17.2 Å². The van der Waals surface area contributed by atoms with Gasteiger partial charge in [0.05, 0.1) is 32.0 Å². The first kappa shape index (κ1) is 76.0. The van der Waals surface area contributed by atoms with Gasteiger partial charge in [-0.1, -0.05) is 303 Å². The van der Waals surface area contributed by atoms with Crippen LogP contribution in [0.1, 0.15) is 183 Å². The Morgan fingerprint density at radius 1 is 0.357 bits per heavy atom. The van der Waals surface area contributed by atoms with Gasteiger partial charge >= 0.3 is 11.9 Å². The lowest BCUT2D eigenvalue weighted by atomic mass is 9.81. The Balaban J connectivity index is 0.000000179. The topological polar surface area (TPSA) is 86.8 Å². The maximum absolute atomic E-state index is 14.0. The molecule has 4 heterocycles. The highest BCUT2D eigenvalue weighted by atomic mass is 16.5. The molecule has 4 aliphatic rings. The lowest BCUT2D eigenvalue weighted by molar-refractivity contribution is 0.0591. The summed E-state index contributed by atoms with van der Waals surface area (Å²) in [5, 5.41) is 3.75. The van der Waals surface area contributed by atoms with Gasteiger partial charge in [-0.2, -0.15) is 0 Å². The average molecular weight is 1480 g/mol. The van der Waals surface area contributed by atoms with E-state index in [0.717, 1.165) is 140 Å². The van der Waals surface area contributed by atoms with Crippen LogP contribution >= 0.6 is 0 Å². The lowest BCUT2D eigenvalue weighted by Crippen LogP contribution is -2.35. The largest absolute Gasteiger partial charge is 0.494 e. The van der Waals surface area contributed by atoms with E-state index in [1.54, 1.807) is 0 Å². The molecule has 9 nitrogen and oxygen atoms in total. The number of ether oxygens (including phenoxy) is 5. The molecule has 4 aliphatic heterocycles. The summed E-state index contributed by atoms with van der Waals surface area (Å²) in [5.74, 6) is 1.44. The van der Waals surface area contributed by atoms with Gasteiger partial charge in [0.2, 0.25) is 0 Å². The molecule has 0 N–H and O–H groups in total. The molecule has 0 aliphatic carbocycles. The number of hydrogen-bond donors (Lipinski definition) is 0. The van der Waals surface area contributed by atoms with Gasteiger partial charge in [-0.25, -0.2) is 9.59 Å². The van der Waals surface area contributed by atoms with Gasteiger partial charge in [-0.05, 0) is 155 Å². The van der Waals surface area contributed by atoms with Crippen molar-refractivity contribution in [1.29, 1.82) is 0 Å². The third-order valence-corrected chi connectivity index (χ3v) is 23.3. The zero-order chi connectivity index (χ0) is 76.6. The molecule has 2 fully saturated rings.